The highest BCUT2D eigenvalue weighted by Gasteiger charge is 2.12. The lowest BCUT2D eigenvalue weighted by molar-refractivity contribution is 0.669. The number of benzene rings is 4. The standard InChI is InChI=1S/C24H14OS/c1-3-9-20-17(6-1)19-14-15(12-13-21(19)25-20)16-8-5-11-23-24(16)18-7-2-4-10-22(18)26-23/h1-14H. The van der Waals surface area contributed by atoms with E-state index in [0.29, 0.717) is 0 Å². The van der Waals surface area contributed by atoms with Gasteiger partial charge < -0.3 is 4.42 Å². The summed E-state index contributed by atoms with van der Waals surface area (Å²) in [4.78, 5) is 0. The lowest BCUT2D eigenvalue weighted by Crippen LogP contribution is -1.79. The maximum Gasteiger partial charge on any atom is 0.135 e. The van der Waals surface area contributed by atoms with Gasteiger partial charge in [0.05, 0.1) is 0 Å². The van der Waals surface area contributed by atoms with E-state index in [9.17, 15) is 0 Å². The van der Waals surface area contributed by atoms with Crippen LogP contribution in [0.25, 0.3) is 53.2 Å². The van der Waals surface area contributed by atoms with Crippen molar-refractivity contribution in [2.24, 2.45) is 0 Å². The first-order chi connectivity index (χ1) is 12.9. The molecule has 0 aliphatic carbocycles. The zero-order chi connectivity index (χ0) is 17.1. The van der Waals surface area contributed by atoms with Crippen molar-refractivity contribution in [1.82, 2.24) is 0 Å². The van der Waals surface area contributed by atoms with E-state index in [1.807, 2.05) is 23.5 Å². The highest BCUT2D eigenvalue weighted by molar-refractivity contribution is 7.25. The summed E-state index contributed by atoms with van der Waals surface area (Å²) in [5.41, 5.74) is 4.40. The molecule has 122 valence electrons. The van der Waals surface area contributed by atoms with Crippen molar-refractivity contribution in [3.8, 4) is 11.1 Å². The van der Waals surface area contributed by atoms with Crippen molar-refractivity contribution in [2.45, 2.75) is 0 Å². The average molecular weight is 350 g/mol. The largest absolute Gasteiger partial charge is 0.456 e. The Kier molecular flexibility index (Phi) is 2.82. The predicted octanol–water partition coefficient (Wildman–Crippen LogP) is 7.62. The van der Waals surface area contributed by atoms with E-state index in [1.54, 1.807) is 0 Å². The van der Waals surface area contributed by atoms with Gasteiger partial charge in [0.15, 0.2) is 0 Å². The van der Waals surface area contributed by atoms with Crippen LogP contribution < -0.4 is 0 Å². The van der Waals surface area contributed by atoms with Crippen LogP contribution in [0, 0.1) is 0 Å². The lowest BCUT2D eigenvalue weighted by Gasteiger charge is -2.05. The van der Waals surface area contributed by atoms with Crippen LogP contribution in [0.4, 0.5) is 0 Å². The highest BCUT2D eigenvalue weighted by atomic mass is 32.1. The summed E-state index contributed by atoms with van der Waals surface area (Å²) in [7, 11) is 0. The Morgan fingerprint density at radius 3 is 2.31 bits per heavy atom. The van der Waals surface area contributed by atoms with Gasteiger partial charge in [0.1, 0.15) is 11.2 Å². The number of thiophene rings is 1. The van der Waals surface area contributed by atoms with Crippen molar-refractivity contribution in [1.29, 1.82) is 0 Å². The van der Waals surface area contributed by atoms with Crippen LogP contribution in [0.15, 0.2) is 89.3 Å². The number of para-hydroxylation sites is 1. The van der Waals surface area contributed by atoms with E-state index < -0.39 is 0 Å². The minimum absolute atomic E-state index is 0.942. The molecule has 0 saturated carbocycles. The van der Waals surface area contributed by atoms with E-state index >= 15 is 0 Å². The molecule has 4 aromatic carbocycles. The topological polar surface area (TPSA) is 13.1 Å². The van der Waals surface area contributed by atoms with Gasteiger partial charge in [-0.05, 0) is 41.5 Å². The fourth-order valence-electron chi connectivity index (χ4n) is 3.91. The molecule has 0 amide bonds. The van der Waals surface area contributed by atoms with Gasteiger partial charge >= 0.3 is 0 Å². The molecule has 0 aliphatic rings. The predicted molar refractivity (Wildman–Crippen MR) is 112 cm³/mol. The quantitative estimate of drug-likeness (QED) is 0.297. The number of hydrogen-bond acceptors (Lipinski definition) is 2. The first-order valence-corrected chi connectivity index (χ1v) is 9.52. The van der Waals surface area contributed by atoms with E-state index in [0.717, 1.165) is 11.2 Å². The Hall–Kier alpha value is -3.10. The number of rotatable bonds is 1. The van der Waals surface area contributed by atoms with Gasteiger partial charge in [-0.2, -0.15) is 0 Å². The molecule has 0 N–H and O–H groups in total. The third-order valence-corrected chi connectivity index (χ3v) is 6.23. The number of furan rings is 1. The fourth-order valence-corrected chi connectivity index (χ4v) is 5.04. The number of hydrogen-bond donors (Lipinski definition) is 0. The lowest BCUT2D eigenvalue weighted by atomic mass is 9.98. The normalized spacial score (nSPS) is 11.8. The fraction of sp³-hybridized carbons (Fsp3) is 0. The summed E-state index contributed by atoms with van der Waals surface area (Å²) in [5.74, 6) is 0. The maximum absolute atomic E-state index is 5.99. The SMILES string of the molecule is c1ccc2c(c1)oc1ccc(-c3cccc4sc5ccccc5c34)cc12. The molecule has 2 heterocycles. The van der Waals surface area contributed by atoms with Gasteiger partial charge in [0, 0.05) is 30.9 Å². The summed E-state index contributed by atoms with van der Waals surface area (Å²) >= 11 is 1.86. The minimum Gasteiger partial charge on any atom is -0.456 e. The van der Waals surface area contributed by atoms with E-state index in [2.05, 4.69) is 72.8 Å². The van der Waals surface area contributed by atoms with Crippen LogP contribution in [0.2, 0.25) is 0 Å². The van der Waals surface area contributed by atoms with Gasteiger partial charge in [-0.1, -0.05) is 54.6 Å². The van der Waals surface area contributed by atoms with Crippen LogP contribution in [-0.4, -0.2) is 0 Å². The molecule has 2 heteroatoms. The molecule has 6 aromatic rings. The molecule has 0 fully saturated rings. The van der Waals surface area contributed by atoms with Gasteiger partial charge in [-0.25, -0.2) is 0 Å². The molecule has 0 aliphatic heterocycles. The van der Waals surface area contributed by atoms with E-state index in [4.69, 9.17) is 4.42 Å². The summed E-state index contributed by atoms with van der Waals surface area (Å²) < 4.78 is 8.66. The Morgan fingerprint density at radius 1 is 0.577 bits per heavy atom. The Labute approximate surface area is 154 Å². The molecule has 0 spiro atoms. The van der Waals surface area contributed by atoms with Crippen molar-refractivity contribution >= 4 is 53.4 Å². The van der Waals surface area contributed by atoms with Crippen LogP contribution >= 0.6 is 11.3 Å². The zero-order valence-corrected chi connectivity index (χ0v) is 14.7. The van der Waals surface area contributed by atoms with Gasteiger partial charge in [-0.15, -0.1) is 11.3 Å². The van der Waals surface area contributed by atoms with Gasteiger partial charge in [0.2, 0.25) is 0 Å². The number of fused-ring (bicyclic) bond motifs is 6. The second-order valence-electron chi connectivity index (χ2n) is 6.59. The molecular weight excluding hydrogens is 336 g/mol. The van der Waals surface area contributed by atoms with Gasteiger partial charge in [-0.3, -0.25) is 0 Å². The zero-order valence-electron chi connectivity index (χ0n) is 13.9. The molecule has 6 rings (SSSR count). The second kappa shape index (κ2) is 5.20. The summed E-state index contributed by atoms with van der Waals surface area (Å²) in [6, 6.07) is 30.0. The molecule has 26 heavy (non-hydrogen) atoms. The second-order valence-corrected chi connectivity index (χ2v) is 7.67. The van der Waals surface area contributed by atoms with Crippen molar-refractivity contribution in [2.75, 3.05) is 0 Å². The smallest absolute Gasteiger partial charge is 0.135 e. The summed E-state index contributed by atoms with van der Waals surface area (Å²) in [5, 5.41) is 5.03. The molecule has 0 radical (unpaired) electrons. The third-order valence-electron chi connectivity index (χ3n) is 5.09. The molecule has 0 saturated heterocycles. The van der Waals surface area contributed by atoms with Crippen LogP contribution in [0.5, 0.6) is 0 Å². The van der Waals surface area contributed by atoms with Crippen molar-refractivity contribution < 1.29 is 4.42 Å². The van der Waals surface area contributed by atoms with Crippen LogP contribution in [0.1, 0.15) is 0 Å². The maximum atomic E-state index is 5.99. The molecule has 0 bridgehead atoms. The summed E-state index contributed by atoms with van der Waals surface area (Å²) in [6.07, 6.45) is 0. The first kappa shape index (κ1) is 14.1. The van der Waals surface area contributed by atoms with Crippen molar-refractivity contribution in [3.05, 3.63) is 84.9 Å². The highest BCUT2D eigenvalue weighted by Crippen LogP contribution is 2.41. The van der Waals surface area contributed by atoms with E-state index in [-0.39, 0.29) is 0 Å². The van der Waals surface area contributed by atoms with Crippen LogP contribution in [-0.2, 0) is 0 Å². The van der Waals surface area contributed by atoms with Gasteiger partial charge in [0.25, 0.3) is 0 Å². The minimum atomic E-state index is 0.942. The van der Waals surface area contributed by atoms with Crippen molar-refractivity contribution in [3.63, 3.8) is 0 Å². The Morgan fingerprint density at radius 2 is 1.35 bits per heavy atom. The van der Waals surface area contributed by atoms with E-state index in [1.165, 1.54) is 42.1 Å². The molecular formula is C24H14OS. The Balaban J connectivity index is 1.71. The Bertz CT molecular complexity index is 1430. The molecule has 1 nitrogen and oxygen atoms in total. The third kappa shape index (κ3) is 1.91. The summed E-state index contributed by atoms with van der Waals surface area (Å²) in [6.45, 7) is 0. The van der Waals surface area contributed by atoms with Crippen LogP contribution in [0.3, 0.4) is 0 Å². The monoisotopic (exact) mass is 350 g/mol. The first-order valence-electron chi connectivity index (χ1n) is 8.70. The molecule has 0 unspecified atom stereocenters. The molecule has 2 aromatic heterocycles. The molecule has 0 atom stereocenters. The average Bonchev–Trinajstić information content (AvgIpc) is 3.25.